The first-order valence-electron chi connectivity index (χ1n) is 7.35. The second kappa shape index (κ2) is 5.02. The van der Waals surface area contributed by atoms with Crippen molar-refractivity contribution < 1.29 is 0 Å². The van der Waals surface area contributed by atoms with Gasteiger partial charge in [-0.1, -0.05) is 11.6 Å². The van der Waals surface area contributed by atoms with Gasteiger partial charge in [0.15, 0.2) is 0 Å². The van der Waals surface area contributed by atoms with E-state index in [4.69, 9.17) is 11.6 Å². The number of halogens is 1. The number of piperidine rings is 1. The van der Waals surface area contributed by atoms with Gasteiger partial charge in [0.2, 0.25) is 0 Å². The predicted molar refractivity (Wildman–Crippen MR) is 79.6 cm³/mol. The maximum Gasteiger partial charge on any atom is 0.0867 e. The maximum absolute atomic E-state index is 9.83. The summed E-state index contributed by atoms with van der Waals surface area (Å²) in [6.45, 7) is 4.51. The fraction of sp³-hybridized carbons (Fsp3) is 0.625. The Morgan fingerprint density at radius 1 is 1.35 bits per heavy atom. The first-order valence-corrected chi connectivity index (χ1v) is 7.73. The quantitative estimate of drug-likeness (QED) is 0.836. The molecule has 3 rings (SSSR count). The van der Waals surface area contributed by atoms with Gasteiger partial charge in [0.25, 0.3) is 0 Å². The summed E-state index contributed by atoms with van der Waals surface area (Å²) in [6, 6.07) is 6.11. The van der Waals surface area contributed by atoms with Gasteiger partial charge in [0.1, 0.15) is 0 Å². The molecule has 2 bridgehead atoms. The summed E-state index contributed by atoms with van der Waals surface area (Å²) in [5.74, 6) is 0. The molecule has 0 aliphatic carbocycles. The molecule has 1 aromatic rings. The molecule has 2 saturated heterocycles. The summed E-state index contributed by atoms with van der Waals surface area (Å²) in [4.78, 5) is 6.79. The molecule has 0 spiro atoms. The second-order valence-electron chi connectivity index (χ2n) is 6.42. The van der Waals surface area contributed by atoms with E-state index in [-0.39, 0.29) is 0 Å². The Hall–Kier alpha value is -1.11. The van der Waals surface area contributed by atoms with Gasteiger partial charge in [-0.2, -0.15) is 5.26 Å². The molecule has 0 saturated carbocycles. The highest BCUT2D eigenvalue weighted by atomic mass is 35.5. The van der Waals surface area contributed by atoms with Crippen LogP contribution in [0.5, 0.6) is 0 Å². The number of hydrogen-bond acceptors (Lipinski definition) is 3. The van der Waals surface area contributed by atoms with Crippen molar-refractivity contribution >= 4 is 11.6 Å². The van der Waals surface area contributed by atoms with E-state index in [2.05, 4.69) is 29.8 Å². The third kappa shape index (κ3) is 2.12. The molecule has 3 nitrogen and oxygen atoms in total. The fourth-order valence-corrected chi connectivity index (χ4v) is 4.37. The van der Waals surface area contributed by atoms with Crippen molar-refractivity contribution in [2.45, 2.75) is 63.1 Å². The molecule has 0 amide bonds. The number of nitriles is 1. The van der Waals surface area contributed by atoms with Crippen LogP contribution in [0.1, 0.15) is 45.1 Å². The molecule has 2 unspecified atom stereocenters. The predicted octanol–water partition coefficient (Wildman–Crippen LogP) is 3.53. The van der Waals surface area contributed by atoms with E-state index >= 15 is 0 Å². The molecule has 3 heterocycles. The van der Waals surface area contributed by atoms with E-state index in [0.717, 1.165) is 18.4 Å². The Morgan fingerprint density at radius 3 is 2.50 bits per heavy atom. The molecule has 0 radical (unpaired) electrons. The molecule has 2 fully saturated rings. The van der Waals surface area contributed by atoms with Crippen molar-refractivity contribution in [1.82, 2.24) is 9.88 Å². The van der Waals surface area contributed by atoms with Crippen LogP contribution in [0, 0.1) is 11.3 Å². The average molecular weight is 290 g/mol. The lowest BCUT2D eigenvalue weighted by Gasteiger charge is -2.45. The number of nitrogens with zero attached hydrogens (tertiary/aromatic N) is 3. The Morgan fingerprint density at radius 2 is 2.00 bits per heavy atom. The smallest absolute Gasteiger partial charge is 0.0867 e. The Labute approximate surface area is 125 Å². The molecule has 2 atom stereocenters. The minimum atomic E-state index is -0.408. The molecular weight excluding hydrogens is 270 g/mol. The third-order valence-electron chi connectivity index (χ3n) is 4.91. The molecule has 2 aliphatic rings. The summed E-state index contributed by atoms with van der Waals surface area (Å²) < 4.78 is 0. The number of rotatable bonds is 2. The minimum Gasteiger partial charge on any atom is -0.295 e. The zero-order valence-electron chi connectivity index (χ0n) is 12.0. The van der Waals surface area contributed by atoms with Crippen LogP contribution in [-0.2, 0) is 5.41 Å². The number of aromatic nitrogens is 1. The normalized spacial score (nSPS) is 33.4. The zero-order chi connectivity index (χ0) is 14.3. The van der Waals surface area contributed by atoms with Gasteiger partial charge in [-0.15, -0.1) is 0 Å². The van der Waals surface area contributed by atoms with Crippen LogP contribution in [0.3, 0.4) is 0 Å². The van der Waals surface area contributed by atoms with Gasteiger partial charge in [-0.3, -0.25) is 9.88 Å². The average Bonchev–Trinajstić information content (AvgIpc) is 2.71. The highest BCUT2D eigenvalue weighted by molar-refractivity contribution is 6.30. The molecular formula is C16H20ClN3. The lowest BCUT2D eigenvalue weighted by Crippen LogP contribution is -2.51. The highest BCUT2D eigenvalue weighted by Crippen LogP contribution is 2.47. The van der Waals surface area contributed by atoms with Crippen LogP contribution in [0.25, 0.3) is 0 Å². The van der Waals surface area contributed by atoms with Crippen LogP contribution in [-0.4, -0.2) is 28.0 Å². The topological polar surface area (TPSA) is 39.9 Å². The van der Waals surface area contributed by atoms with Gasteiger partial charge in [0.05, 0.1) is 16.5 Å². The molecule has 106 valence electrons. The van der Waals surface area contributed by atoms with Crippen LogP contribution in [0.15, 0.2) is 18.5 Å². The Balaban J connectivity index is 1.96. The van der Waals surface area contributed by atoms with E-state index in [1.807, 2.05) is 12.3 Å². The summed E-state index contributed by atoms with van der Waals surface area (Å²) in [5.41, 5.74) is 0.586. The van der Waals surface area contributed by atoms with Gasteiger partial charge in [0, 0.05) is 30.5 Å². The lowest BCUT2D eigenvalue weighted by molar-refractivity contribution is 0.0744. The van der Waals surface area contributed by atoms with Crippen molar-refractivity contribution in [3.05, 3.63) is 29.0 Å². The van der Waals surface area contributed by atoms with Crippen molar-refractivity contribution in [1.29, 1.82) is 5.26 Å². The van der Waals surface area contributed by atoms with Crippen molar-refractivity contribution in [3.8, 4) is 6.07 Å². The van der Waals surface area contributed by atoms with Crippen molar-refractivity contribution in [2.24, 2.45) is 0 Å². The monoisotopic (exact) mass is 289 g/mol. The van der Waals surface area contributed by atoms with Gasteiger partial charge in [-0.25, -0.2) is 0 Å². The number of pyridine rings is 1. The fourth-order valence-electron chi connectivity index (χ4n) is 4.19. The van der Waals surface area contributed by atoms with E-state index < -0.39 is 5.41 Å². The van der Waals surface area contributed by atoms with E-state index in [1.165, 1.54) is 12.8 Å². The standard InChI is InChI=1S/C16H20ClN3/c1-11(2)20-14-3-4-15(20)7-16(6-14,10-18)12-5-13(17)9-19-8-12/h5,8-9,11,14-15H,3-4,6-7H2,1-2H3. The van der Waals surface area contributed by atoms with E-state index in [1.54, 1.807) is 6.20 Å². The molecule has 2 aliphatic heterocycles. The third-order valence-corrected chi connectivity index (χ3v) is 5.12. The second-order valence-corrected chi connectivity index (χ2v) is 6.86. The Kier molecular flexibility index (Phi) is 3.48. The molecule has 4 heteroatoms. The van der Waals surface area contributed by atoms with Gasteiger partial charge >= 0.3 is 0 Å². The summed E-state index contributed by atoms with van der Waals surface area (Å²) in [7, 11) is 0. The van der Waals surface area contributed by atoms with E-state index in [9.17, 15) is 5.26 Å². The minimum absolute atomic E-state index is 0.408. The Bertz CT molecular complexity index is 535. The van der Waals surface area contributed by atoms with Crippen molar-refractivity contribution in [2.75, 3.05) is 0 Å². The van der Waals surface area contributed by atoms with Gasteiger partial charge in [-0.05, 0) is 51.2 Å². The number of fused-ring (bicyclic) bond motifs is 2. The van der Waals surface area contributed by atoms with Crippen LogP contribution < -0.4 is 0 Å². The first kappa shape index (κ1) is 13.9. The van der Waals surface area contributed by atoms with E-state index in [0.29, 0.717) is 23.1 Å². The maximum atomic E-state index is 9.83. The van der Waals surface area contributed by atoms with Crippen LogP contribution in [0.2, 0.25) is 5.02 Å². The first-order chi connectivity index (χ1) is 9.55. The molecule has 1 aromatic heterocycles. The number of hydrogen-bond donors (Lipinski definition) is 0. The summed E-state index contributed by atoms with van der Waals surface area (Å²) in [5, 5.41) is 10.5. The largest absolute Gasteiger partial charge is 0.295 e. The summed E-state index contributed by atoms with van der Waals surface area (Å²) in [6.07, 6.45) is 7.68. The summed E-state index contributed by atoms with van der Waals surface area (Å²) >= 11 is 6.07. The highest BCUT2D eigenvalue weighted by Gasteiger charge is 2.50. The van der Waals surface area contributed by atoms with Crippen LogP contribution in [0.4, 0.5) is 0 Å². The molecule has 0 aromatic carbocycles. The zero-order valence-corrected chi connectivity index (χ0v) is 12.8. The molecule has 0 N–H and O–H groups in total. The van der Waals surface area contributed by atoms with Crippen molar-refractivity contribution in [3.63, 3.8) is 0 Å². The lowest BCUT2D eigenvalue weighted by atomic mass is 9.71. The SMILES string of the molecule is CC(C)N1C2CCC1CC(C#N)(c1cncc(Cl)c1)C2. The van der Waals surface area contributed by atoms with Crippen LogP contribution >= 0.6 is 11.6 Å². The molecule has 20 heavy (non-hydrogen) atoms. The van der Waals surface area contributed by atoms with Gasteiger partial charge < -0.3 is 0 Å².